The molecular weight excluding hydrogens is 228 g/mol. The molecule has 0 aromatic carbocycles. The quantitative estimate of drug-likeness (QED) is 0.777. The highest BCUT2D eigenvalue weighted by molar-refractivity contribution is 5.76. The van der Waals surface area contributed by atoms with E-state index in [-0.39, 0.29) is 5.91 Å². The van der Waals surface area contributed by atoms with Crippen molar-refractivity contribution in [3.63, 3.8) is 0 Å². The van der Waals surface area contributed by atoms with Gasteiger partial charge in [-0.1, -0.05) is 0 Å². The maximum Gasteiger partial charge on any atom is 0.222 e. The molecule has 2 rings (SSSR count). The highest BCUT2D eigenvalue weighted by Crippen LogP contribution is 2.23. The van der Waals surface area contributed by atoms with Crippen LogP contribution in [0.2, 0.25) is 0 Å². The van der Waals surface area contributed by atoms with Crippen LogP contribution in [0.15, 0.2) is 0 Å². The van der Waals surface area contributed by atoms with E-state index in [1.165, 1.54) is 12.8 Å². The van der Waals surface area contributed by atoms with Crippen molar-refractivity contribution in [1.29, 1.82) is 0 Å². The molecule has 18 heavy (non-hydrogen) atoms. The minimum absolute atomic E-state index is 0.279. The number of carbonyl (C=O) groups is 1. The average Bonchev–Trinajstić information content (AvgIpc) is 2.51. The van der Waals surface area contributed by atoms with Gasteiger partial charge in [0.05, 0.1) is 5.60 Å². The van der Waals surface area contributed by atoms with Gasteiger partial charge in [0.25, 0.3) is 0 Å². The predicted octanol–water partition coefficient (Wildman–Crippen LogP) is 1.14. The number of rotatable bonds is 2. The minimum atomic E-state index is -0.582. The molecule has 0 saturated carbocycles. The molecule has 2 aliphatic rings. The van der Waals surface area contributed by atoms with Gasteiger partial charge in [-0.3, -0.25) is 4.79 Å². The second-order valence-corrected chi connectivity index (χ2v) is 6.15. The first-order valence-electron chi connectivity index (χ1n) is 7.28. The van der Waals surface area contributed by atoms with Crippen LogP contribution in [0.4, 0.5) is 0 Å². The second kappa shape index (κ2) is 6.02. The molecule has 1 amide bonds. The lowest BCUT2D eigenvalue weighted by molar-refractivity contribution is -0.132. The molecule has 0 bridgehead atoms. The molecular formula is C14H26N2O2. The highest BCUT2D eigenvalue weighted by atomic mass is 16.3. The number of aliphatic hydroxyl groups is 1. The third-order valence-electron chi connectivity index (χ3n) is 4.28. The number of hydrogen-bond donors (Lipinski definition) is 2. The predicted molar refractivity (Wildman–Crippen MR) is 71.3 cm³/mol. The van der Waals surface area contributed by atoms with E-state index in [0.717, 1.165) is 32.5 Å². The lowest BCUT2D eigenvalue weighted by atomic mass is 9.95. The van der Waals surface area contributed by atoms with Gasteiger partial charge in [-0.05, 0) is 58.0 Å². The zero-order chi connectivity index (χ0) is 13.0. The first-order chi connectivity index (χ1) is 8.57. The molecule has 2 atom stereocenters. The Kier molecular flexibility index (Phi) is 4.62. The molecule has 0 spiro atoms. The highest BCUT2D eigenvalue weighted by Gasteiger charge is 2.28. The number of amides is 1. The fraction of sp³-hybridized carbons (Fsp3) is 0.929. The topological polar surface area (TPSA) is 52.6 Å². The fourth-order valence-electron chi connectivity index (χ4n) is 2.99. The fourth-order valence-corrected chi connectivity index (χ4v) is 2.99. The van der Waals surface area contributed by atoms with E-state index in [1.54, 1.807) is 0 Å². The van der Waals surface area contributed by atoms with Crippen LogP contribution in [-0.4, -0.2) is 47.7 Å². The van der Waals surface area contributed by atoms with E-state index < -0.39 is 5.60 Å². The van der Waals surface area contributed by atoms with Gasteiger partial charge in [0.15, 0.2) is 0 Å². The zero-order valence-electron chi connectivity index (χ0n) is 11.5. The standard InChI is InChI=1S/C14H26N2O2/c1-14(18)5-3-8-16(9-6-14)13(17)10-12-4-2-7-15-11-12/h12,15,18H,2-11H2,1H3. The van der Waals surface area contributed by atoms with Gasteiger partial charge in [-0.25, -0.2) is 0 Å². The van der Waals surface area contributed by atoms with Crippen LogP contribution in [0.25, 0.3) is 0 Å². The largest absolute Gasteiger partial charge is 0.390 e. The third kappa shape index (κ3) is 3.95. The molecule has 2 fully saturated rings. The maximum atomic E-state index is 12.2. The molecule has 0 aromatic rings. The molecule has 2 aliphatic heterocycles. The van der Waals surface area contributed by atoms with Crippen LogP contribution in [0.5, 0.6) is 0 Å². The monoisotopic (exact) mass is 254 g/mol. The minimum Gasteiger partial charge on any atom is -0.390 e. The molecule has 0 aromatic heterocycles. The maximum absolute atomic E-state index is 12.2. The Morgan fingerprint density at radius 3 is 2.94 bits per heavy atom. The third-order valence-corrected chi connectivity index (χ3v) is 4.28. The molecule has 2 N–H and O–H groups in total. The van der Waals surface area contributed by atoms with Gasteiger partial charge in [-0.15, -0.1) is 0 Å². The smallest absolute Gasteiger partial charge is 0.222 e. The van der Waals surface area contributed by atoms with E-state index in [4.69, 9.17) is 0 Å². The summed E-state index contributed by atoms with van der Waals surface area (Å²) in [4.78, 5) is 14.2. The first-order valence-corrected chi connectivity index (χ1v) is 7.28. The van der Waals surface area contributed by atoms with Crippen LogP contribution < -0.4 is 5.32 Å². The lowest BCUT2D eigenvalue weighted by Crippen LogP contribution is -2.37. The van der Waals surface area contributed by atoms with Gasteiger partial charge < -0.3 is 15.3 Å². The number of piperidine rings is 1. The summed E-state index contributed by atoms with van der Waals surface area (Å²) >= 11 is 0. The molecule has 0 aliphatic carbocycles. The number of likely N-dealkylation sites (tertiary alicyclic amines) is 1. The van der Waals surface area contributed by atoms with E-state index >= 15 is 0 Å². The Bertz CT molecular complexity index is 286. The summed E-state index contributed by atoms with van der Waals surface area (Å²) in [6, 6.07) is 0. The Balaban J connectivity index is 1.81. The van der Waals surface area contributed by atoms with Crippen molar-refractivity contribution in [3.05, 3.63) is 0 Å². The average molecular weight is 254 g/mol. The van der Waals surface area contributed by atoms with Crippen molar-refractivity contribution in [3.8, 4) is 0 Å². The van der Waals surface area contributed by atoms with Crippen molar-refractivity contribution in [2.45, 2.75) is 51.0 Å². The molecule has 4 nitrogen and oxygen atoms in total. The molecule has 2 saturated heterocycles. The van der Waals surface area contributed by atoms with Crippen molar-refractivity contribution in [2.24, 2.45) is 5.92 Å². The Hall–Kier alpha value is -0.610. The number of hydrogen-bond acceptors (Lipinski definition) is 3. The summed E-state index contributed by atoms with van der Waals surface area (Å²) in [5.74, 6) is 0.788. The Morgan fingerprint density at radius 2 is 2.22 bits per heavy atom. The van der Waals surface area contributed by atoms with Crippen LogP contribution in [0.1, 0.15) is 45.4 Å². The summed E-state index contributed by atoms with van der Waals surface area (Å²) in [6.07, 6.45) is 5.47. The summed E-state index contributed by atoms with van der Waals surface area (Å²) in [5.41, 5.74) is -0.582. The van der Waals surface area contributed by atoms with Gasteiger partial charge >= 0.3 is 0 Å². The summed E-state index contributed by atoms with van der Waals surface area (Å²) in [6.45, 7) is 5.49. The van der Waals surface area contributed by atoms with Gasteiger partial charge in [0, 0.05) is 19.5 Å². The number of nitrogens with zero attached hydrogens (tertiary/aromatic N) is 1. The Morgan fingerprint density at radius 1 is 1.39 bits per heavy atom. The van der Waals surface area contributed by atoms with Crippen LogP contribution in [0.3, 0.4) is 0 Å². The number of nitrogens with one attached hydrogen (secondary N) is 1. The van der Waals surface area contributed by atoms with Gasteiger partial charge in [-0.2, -0.15) is 0 Å². The molecule has 104 valence electrons. The lowest BCUT2D eigenvalue weighted by Gasteiger charge is -2.27. The van der Waals surface area contributed by atoms with Crippen molar-refractivity contribution in [2.75, 3.05) is 26.2 Å². The van der Waals surface area contributed by atoms with Crippen LogP contribution >= 0.6 is 0 Å². The molecule has 2 unspecified atom stereocenters. The van der Waals surface area contributed by atoms with Gasteiger partial charge in [0.1, 0.15) is 0 Å². The molecule has 4 heteroatoms. The van der Waals surface area contributed by atoms with E-state index in [2.05, 4.69) is 5.32 Å². The summed E-state index contributed by atoms with van der Waals surface area (Å²) < 4.78 is 0. The van der Waals surface area contributed by atoms with E-state index in [0.29, 0.717) is 25.3 Å². The summed E-state index contributed by atoms with van der Waals surface area (Å²) in [5, 5.41) is 13.4. The number of carbonyl (C=O) groups excluding carboxylic acids is 1. The van der Waals surface area contributed by atoms with Crippen LogP contribution in [-0.2, 0) is 4.79 Å². The normalized spacial score (nSPS) is 34.1. The van der Waals surface area contributed by atoms with Crippen molar-refractivity contribution >= 4 is 5.91 Å². The molecule has 2 heterocycles. The second-order valence-electron chi connectivity index (χ2n) is 6.15. The first kappa shape index (κ1) is 13.8. The van der Waals surface area contributed by atoms with E-state index in [9.17, 15) is 9.90 Å². The summed E-state index contributed by atoms with van der Waals surface area (Å²) in [7, 11) is 0. The Labute approximate surface area is 110 Å². The van der Waals surface area contributed by atoms with Crippen molar-refractivity contribution < 1.29 is 9.90 Å². The van der Waals surface area contributed by atoms with Crippen molar-refractivity contribution in [1.82, 2.24) is 10.2 Å². The SMILES string of the molecule is CC1(O)CCCN(C(=O)CC2CCCNC2)CC1. The van der Waals surface area contributed by atoms with Gasteiger partial charge in [0.2, 0.25) is 5.91 Å². The van der Waals surface area contributed by atoms with E-state index in [1.807, 2.05) is 11.8 Å². The van der Waals surface area contributed by atoms with Crippen LogP contribution in [0, 0.1) is 5.92 Å². The zero-order valence-corrected chi connectivity index (χ0v) is 11.5. The molecule has 0 radical (unpaired) electrons.